The van der Waals surface area contributed by atoms with Crippen molar-refractivity contribution >= 4 is 0 Å². The van der Waals surface area contributed by atoms with E-state index in [2.05, 4.69) is 46.4 Å². The second kappa shape index (κ2) is 17.6. The van der Waals surface area contributed by atoms with Crippen molar-refractivity contribution in [2.75, 3.05) is 13.2 Å². The number of benzene rings is 4. The summed E-state index contributed by atoms with van der Waals surface area (Å²) in [7, 11) is 0. The fourth-order valence-electron chi connectivity index (χ4n) is 8.84. The highest BCUT2D eigenvalue weighted by atomic mass is 19.1. The average Bonchev–Trinajstić information content (AvgIpc) is 4.02. The maximum atomic E-state index is 15.0. The van der Waals surface area contributed by atoms with Crippen molar-refractivity contribution in [3.8, 4) is 11.4 Å². The molecule has 302 valence electrons. The number of aromatic nitrogens is 6. The number of hydrogen-bond acceptors (Lipinski definition) is 7. The molecule has 1 saturated carbocycles. The minimum atomic E-state index is -1.01. The molecule has 8 rings (SSSR count). The summed E-state index contributed by atoms with van der Waals surface area (Å²) in [5.41, 5.74) is 3.63. The van der Waals surface area contributed by atoms with Gasteiger partial charge in [-0.05, 0) is 104 Å². The van der Waals surface area contributed by atoms with Crippen LogP contribution in [0.5, 0.6) is 5.75 Å². The van der Waals surface area contributed by atoms with Crippen LogP contribution >= 0.6 is 0 Å². The summed E-state index contributed by atoms with van der Waals surface area (Å²) in [6, 6.07) is 30.2. The Morgan fingerprint density at radius 3 is 2.24 bits per heavy atom. The summed E-state index contributed by atoms with van der Waals surface area (Å²) >= 11 is 0. The standard InChI is InChI=1S/C46H50F2N6O4/c1-3-44(32(2)56-25-33-7-5-4-6-8-33)54-45(55)53(31-51-54)40-18-13-37(14-19-40)35-9-11-36(12-10-35)38-15-20-41(21-16-38)57-26-34-24-46(58-27-34,28-52-30-49-29-50-52)42-22-17-39(47)23-43(42)48/h4-8,13-23,29-32,34-36,44H,3,9-12,24-28H2,1-2H3/t32?,34-,35?,36?,44?,46+/m1/s1. The van der Waals surface area contributed by atoms with Gasteiger partial charge < -0.3 is 14.2 Å². The van der Waals surface area contributed by atoms with Crippen LogP contribution in [-0.4, -0.2) is 48.4 Å². The minimum Gasteiger partial charge on any atom is -0.493 e. The molecule has 2 aromatic heterocycles. The molecule has 3 heterocycles. The second-order valence-electron chi connectivity index (χ2n) is 15.8. The van der Waals surface area contributed by atoms with Crippen LogP contribution < -0.4 is 10.4 Å². The zero-order valence-corrected chi connectivity index (χ0v) is 33.0. The third kappa shape index (κ3) is 8.68. The molecule has 4 aromatic carbocycles. The van der Waals surface area contributed by atoms with E-state index in [0.29, 0.717) is 43.6 Å². The zero-order valence-electron chi connectivity index (χ0n) is 33.0. The smallest absolute Gasteiger partial charge is 0.350 e. The van der Waals surface area contributed by atoms with Crippen molar-refractivity contribution in [2.45, 2.75) is 95.1 Å². The molecule has 4 atom stereocenters. The number of nitrogens with zero attached hydrogens (tertiary/aromatic N) is 6. The van der Waals surface area contributed by atoms with Gasteiger partial charge in [0.2, 0.25) is 0 Å². The van der Waals surface area contributed by atoms with Crippen LogP contribution in [0.3, 0.4) is 0 Å². The quantitative estimate of drug-likeness (QED) is 0.103. The first-order valence-electron chi connectivity index (χ1n) is 20.3. The largest absolute Gasteiger partial charge is 0.493 e. The molecule has 12 heteroatoms. The lowest BCUT2D eigenvalue weighted by Crippen LogP contribution is -2.33. The summed E-state index contributed by atoms with van der Waals surface area (Å²) < 4.78 is 52.2. The first kappa shape index (κ1) is 39.4. The number of hydrogen-bond donors (Lipinski definition) is 0. The minimum absolute atomic E-state index is 0.00311. The molecular formula is C46H50F2N6O4. The van der Waals surface area contributed by atoms with E-state index in [-0.39, 0.29) is 30.3 Å². The van der Waals surface area contributed by atoms with Gasteiger partial charge in [-0.1, -0.05) is 67.6 Å². The van der Waals surface area contributed by atoms with E-state index in [4.69, 9.17) is 14.2 Å². The molecule has 2 fully saturated rings. The van der Waals surface area contributed by atoms with Crippen LogP contribution in [0.15, 0.2) is 121 Å². The molecule has 58 heavy (non-hydrogen) atoms. The van der Waals surface area contributed by atoms with Gasteiger partial charge in [-0.2, -0.15) is 10.2 Å². The van der Waals surface area contributed by atoms with Crippen LogP contribution in [0.1, 0.15) is 92.5 Å². The Bertz CT molecular complexity index is 2290. The summed E-state index contributed by atoms with van der Waals surface area (Å²) in [6.45, 7) is 5.58. The van der Waals surface area contributed by atoms with E-state index < -0.39 is 17.2 Å². The molecule has 0 bridgehead atoms. The number of halogens is 2. The van der Waals surface area contributed by atoms with Crippen molar-refractivity contribution in [1.29, 1.82) is 0 Å². The van der Waals surface area contributed by atoms with Crippen LogP contribution in [0.4, 0.5) is 8.78 Å². The van der Waals surface area contributed by atoms with E-state index >= 15 is 4.39 Å². The highest BCUT2D eigenvalue weighted by Gasteiger charge is 2.44. The van der Waals surface area contributed by atoms with E-state index in [0.717, 1.165) is 55.2 Å². The van der Waals surface area contributed by atoms with Crippen molar-refractivity contribution in [2.24, 2.45) is 5.92 Å². The fraction of sp³-hybridized carbons (Fsp3) is 0.391. The lowest BCUT2D eigenvalue weighted by Gasteiger charge is -2.29. The van der Waals surface area contributed by atoms with Gasteiger partial charge in [-0.3, -0.25) is 0 Å². The predicted molar refractivity (Wildman–Crippen MR) is 216 cm³/mol. The lowest BCUT2D eigenvalue weighted by molar-refractivity contribution is -0.0206. The SMILES string of the molecule is CCC(C(C)OCc1ccccc1)n1ncn(-c2ccc(C3CCC(c4ccc(OC[C@@H]5CO[C@@](Cn6cncn6)(c6ccc(F)cc6F)C5)cc4)CC3)cc2)c1=O. The van der Waals surface area contributed by atoms with Crippen molar-refractivity contribution < 1.29 is 23.0 Å². The molecule has 1 aliphatic carbocycles. The fourth-order valence-corrected chi connectivity index (χ4v) is 8.84. The van der Waals surface area contributed by atoms with Gasteiger partial charge in [0, 0.05) is 17.5 Å². The highest BCUT2D eigenvalue weighted by Crippen LogP contribution is 2.43. The molecule has 6 aromatic rings. The van der Waals surface area contributed by atoms with E-state index in [1.54, 1.807) is 26.6 Å². The topological polar surface area (TPSA) is 98.2 Å². The number of rotatable bonds is 15. The summed E-state index contributed by atoms with van der Waals surface area (Å²) in [6.07, 6.45) is 10.0. The third-order valence-electron chi connectivity index (χ3n) is 12.1. The first-order chi connectivity index (χ1) is 28.3. The summed E-state index contributed by atoms with van der Waals surface area (Å²) in [5, 5.41) is 8.70. The van der Waals surface area contributed by atoms with E-state index in [1.807, 2.05) is 61.5 Å². The Balaban J connectivity index is 0.828. The first-order valence-corrected chi connectivity index (χ1v) is 20.3. The molecule has 1 aliphatic heterocycles. The van der Waals surface area contributed by atoms with Gasteiger partial charge in [0.1, 0.15) is 42.0 Å². The average molecular weight is 789 g/mol. The highest BCUT2D eigenvalue weighted by molar-refractivity contribution is 5.36. The van der Waals surface area contributed by atoms with Crippen LogP contribution in [0, 0.1) is 17.6 Å². The Hall–Kier alpha value is -5.46. The Morgan fingerprint density at radius 2 is 1.59 bits per heavy atom. The van der Waals surface area contributed by atoms with Crippen LogP contribution in [0.25, 0.3) is 5.69 Å². The molecule has 0 radical (unpaired) electrons. The van der Waals surface area contributed by atoms with Gasteiger partial charge >= 0.3 is 5.69 Å². The van der Waals surface area contributed by atoms with Gasteiger partial charge in [0.25, 0.3) is 0 Å². The molecule has 2 aliphatic rings. The van der Waals surface area contributed by atoms with Gasteiger partial charge in [0.05, 0.1) is 44.2 Å². The number of ether oxygens (including phenoxy) is 3. The predicted octanol–water partition coefficient (Wildman–Crippen LogP) is 8.91. The monoisotopic (exact) mass is 788 g/mol. The maximum absolute atomic E-state index is 15.0. The van der Waals surface area contributed by atoms with E-state index in [9.17, 15) is 9.18 Å². The normalized spacial score (nSPS) is 21.8. The summed E-state index contributed by atoms with van der Waals surface area (Å²) in [4.78, 5) is 17.5. The Labute approximate surface area is 337 Å². The van der Waals surface area contributed by atoms with Crippen molar-refractivity contribution in [1.82, 2.24) is 29.1 Å². The molecule has 10 nitrogen and oxygen atoms in total. The molecule has 0 spiro atoms. The summed E-state index contributed by atoms with van der Waals surface area (Å²) in [5.74, 6) is 0.455. The second-order valence-corrected chi connectivity index (χ2v) is 15.8. The van der Waals surface area contributed by atoms with Gasteiger partial charge in [-0.25, -0.2) is 32.5 Å². The zero-order chi connectivity index (χ0) is 40.1. The van der Waals surface area contributed by atoms with E-state index in [1.165, 1.54) is 29.6 Å². The molecule has 0 amide bonds. The Kier molecular flexibility index (Phi) is 11.9. The van der Waals surface area contributed by atoms with Gasteiger partial charge in [0.15, 0.2) is 0 Å². The van der Waals surface area contributed by atoms with Crippen molar-refractivity contribution in [3.63, 3.8) is 0 Å². The van der Waals surface area contributed by atoms with Crippen LogP contribution in [0.2, 0.25) is 0 Å². The molecular weight excluding hydrogens is 739 g/mol. The van der Waals surface area contributed by atoms with Crippen molar-refractivity contribution in [3.05, 3.63) is 160 Å². The Morgan fingerprint density at radius 1 is 0.879 bits per heavy atom. The maximum Gasteiger partial charge on any atom is 0.350 e. The molecule has 0 N–H and O–H groups in total. The lowest BCUT2D eigenvalue weighted by atomic mass is 9.76. The molecule has 1 saturated heterocycles. The van der Waals surface area contributed by atoms with Gasteiger partial charge in [-0.15, -0.1) is 0 Å². The molecule has 2 unspecified atom stereocenters. The third-order valence-corrected chi connectivity index (χ3v) is 12.1. The van der Waals surface area contributed by atoms with Crippen LogP contribution in [-0.2, 0) is 28.2 Å².